The SMILES string of the molecule is Clc1ccnc(Cl)c1C(OC1CNC1)c1ccccc1. The molecular weight excluding hydrogens is 295 g/mol. The number of nitrogens with one attached hydrogen (secondary N) is 1. The first-order valence-electron chi connectivity index (χ1n) is 6.46. The maximum atomic E-state index is 6.30. The molecule has 0 spiro atoms. The van der Waals surface area contributed by atoms with E-state index in [9.17, 15) is 0 Å². The summed E-state index contributed by atoms with van der Waals surface area (Å²) in [4.78, 5) is 4.12. The number of rotatable bonds is 4. The lowest BCUT2D eigenvalue weighted by atomic mass is 10.0. The van der Waals surface area contributed by atoms with Crippen LogP contribution in [-0.2, 0) is 4.74 Å². The average Bonchev–Trinajstić information content (AvgIpc) is 2.41. The summed E-state index contributed by atoms with van der Waals surface area (Å²) >= 11 is 12.5. The number of ether oxygens (including phenoxy) is 1. The van der Waals surface area contributed by atoms with E-state index in [0.29, 0.717) is 10.2 Å². The van der Waals surface area contributed by atoms with Crippen LogP contribution in [0.15, 0.2) is 42.6 Å². The van der Waals surface area contributed by atoms with Gasteiger partial charge in [0, 0.05) is 24.8 Å². The fourth-order valence-electron chi connectivity index (χ4n) is 2.15. The molecule has 104 valence electrons. The van der Waals surface area contributed by atoms with Gasteiger partial charge in [0.15, 0.2) is 0 Å². The summed E-state index contributed by atoms with van der Waals surface area (Å²) in [7, 11) is 0. The Balaban J connectivity index is 2.00. The maximum absolute atomic E-state index is 6.30. The van der Waals surface area contributed by atoms with E-state index >= 15 is 0 Å². The van der Waals surface area contributed by atoms with Gasteiger partial charge in [-0.05, 0) is 11.6 Å². The van der Waals surface area contributed by atoms with E-state index in [1.807, 2.05) is 30.3 Å². The lowest BCUT2D eigenvalue weighted by molar-refractivity contribution is -0.0202. The van der Waals surface area contributed by atoms with Crippen molar-refractivity contribution in [1.29, 1.82) is 0 Å². The quantitative estimate of drug-likeness (QED) is 0.878. The molecule has 0 amide bonds. The minimum Gasteiger partial charge on any atom is -0.363 e. The fourth-order valence-corrected chi connectivity index (χ4v) is 2.70. The van der Waals surface area contributed by atoms with Gasteiger partial charge in [-0.25, -0.2) is 4.98 Å². The van der Waals surface area contributed by atoms with Crippen molar-refractivity contribution in [2.75, 3.05) is 13.1 Å². The standard InChI is InChI=1S/C15H14Cl2N2O/c16-12-6-7-19-15(17)13(12)14(20-11-8-18-9-11)10-4-2-1-3-5-10/h1-7,11,14,18H,8-9H2. The molecule has 1 fully saturated rings. The van der Waals surface area contributed by atoms with Crippen molar-refractivity contribution in [1.82, 2.24) is 10.3 Å². The molecule has 0 radical (unpaired) electrons. The number of hydrogen-bond donors (Lipinski definition) is 1. The van der Waals surface area contributed by atoms with E-state index in [0.717, 1.165) is 24.2 Å². The van der Waals surface area contributed by atoms with Gasteiger partial charge in [-0.2, -0.15) is 0 Å². The van der Waals surface area contributed by atoms with Gasteiger partial charge in [-0.15, -0.1) is 0 Å². The van der Waals surface area contributed by atoms with Crippen LogP contribution < -0.4 is 5.32 Å². The summed E-state index contributed by atoms with van der Waals surface area (Å²) in [5.74, 6) is 0. The van der Waals surface area contributed by atoms with E-state index in [1.54, 1.807) is 12.3 Å². The maximum Gasteiger partial charge on any atom is 0.136 e. The highest BCUT2D eigenvalue weighted by Crippen LogP contribution is 2.36. The van der Waals surface area contributed by atoms with Crippen molar-refractivity contribution < 1.29 is 4.74 Å². The zero-order valence-corrected chi connectivity index (χ0v) is 12.2. The molecule has 2 heterocycles. The summed E-state index contributed by atoms with van der Waals surface area (Å²) in [6.45, 7) is 1.69. The van der Waals surface area contributed by atoms with Gasteiger partial charge in [-0.1, -0.05) is 53.5 Å². The smallest absolute Gasteiger partial charge is 0.136 e. The Morgan fingerprint density at radius 3 is 2.50 bits per heavy atom. The summed E-state index contributed by atoms with van der Waals surface area (Å²) in [5.41, 5.74) is 1.75. The van der Waals surface area contributed by atoms with Gasteiger partial charge in [0.1, 0.15) is 11.3 Å². The largest absolute Gasteiger partial charge is 0.363 e. The van der Waals surface area contributed by atoms with Gasteiger partial charge in [-0.3, -0.25) is 0 Å². The molecule has 0 aliphatic carbocycles. The molecule has 1 aromatic heterocycles. The van der Waals surface area contributed by atoms with E-state index in [2.05, 4.69) is 10.3 Å². The molecule has 1 atom stereocenters. The molecule has 5 heteroatoms. The molecule has 2 aromatic rings. The summed E-state index contributed by atoms with van der Waals surface area (Å²) in [6.07, 6.45) is 1.48. The zero-order chi connectivity index (χ0) is 13.9. The van der Waals surface area contributed by atoms with Gasteiger partial charge < -0.3 is 10.1 Å². The van der Waals surface area contributed by atoms with Gasteiger partial charge in [0.2, 0.25) is 0 Å². The lowest BCUT2D eigenvalue weighted by Gasteiger charge is -2.32. The Hall–Kier alpha value is -1.13. The van der Waals surface area contributed by atoms with E-state index in [4.69, 9.17) is 27.9 Å². The number of halogens is 2. The van der Waals surface area contributed by atoms with Gasteiger partial charge >= 0.3 is 0 Å². The first kappa shape index (κ1) is 13.8. The Labute approximate surface area is 127 Å². The zero-order valence-electron chi connectivity index (χ0n) is 10.7. The van der Waals surface area contributed by atoms with Crippen molar-refractivity contribution >= 4 is 23.2 Å². The minimum absolute atomic E-state index is 0.174. The number of benzene rings is 1. The summed E-state index contributed by atoms with van der Waals surface area (Å²) < 4.78 is 6.15. The molecule has 3 nitrogen and oxygen atoms in total. The molecule has 1 aliphatic rings. The first-order valence-corrected chi connectivity index (χ1v) is 7.22. The Morgan fingerprint density at radius 1 is 1.15 bits per heavy atom. The monoisotopic (exact) mass is 308 g/mol. The van der Waals surface area contributed by atoms with Crippen LogP contribution in [0.25, 0.3) is 0 Å². The Bertz CT molecular complexity index is 567. The van der Waals surface area contributed by atoms with Crippen LogP contribution in [0.4, 0.5) is 0 Å². The third-order valence-electron chi connectivity index (χ3n) is 3.33. The summed E-state index contributed by atoms with van der Waals surface area (Å²) in [6, 6.07) is 11.7. The highest BCUT2D eigenvalue weighted by atomic mass is 35.5. The highest BCUT2D eigenvalue weighted by molar-refractivity contribution is 6.35. The van der Waals surface area contributed by atoms with Gasteiger partial charge in [0.25, 0.3) is 0 Å². The van der Waals surface area contributed by atoms with E-state index in [-0.39, 0.29) is 12.2 Å². The number of aromatic nitrogens is 1. The van der Waals surface area contributed by atoms with Crippen LogP contribution in [0.1, 0.15) is 17.2 Å². The Morgan fingerprint density at radius 2 is 1.90 bits per heavy atom. The normalized spacial score (nSPS) is 16.7. The van der Waals surface area contributed by atoms with Crippen molar-refractivity contribution in [3.63, 3.8) is 0 Å². The number of hydrogen-bond acceptors (Lipinski definition) is 3. The molecule has 20 heavy (non-hydrogen) atoms. The molecule has 1 aromatic carbocycles. The number of nitrogens with zero attached hydrogens (tertiary/aromatic N) is 1. The molecule has 0 saturated carbocycles. The van der Waals surface area contributed by atoms with E-state index < -0.39 is 0 Å². The van der Waals surface area contributed by atoms with E-state index in [1.165, 1.54) is 0 Å². The second-order valence-corrected chi connectivity index (χ2v) is 5.47. The number of pyridine rings is 1. The van der Waals surface area contributed by atoms with Crippen LogP contribution in [0.3, 0.4) is 0 Å². The molecule has 3 rings (SSSR count). The minimum atomic E-state index is -0.294. The molecule has 0 bridgehead atoms. The van der Waals surface area contributed by atoms with Crippen molar-refractivity contribution in [3.05, 3.63) is 63.9 Å². The van der Waals surface area contributed by atoms with Crippen molar-refractivity contribution in [2.24, 2.45) is 0 Å². The van der Waals surface area contributed by atoms with Crippen LogP contribution in [-0.4, -0.2) is 24.2 Å². The van der Waals surface area contributed by atoms with Crippen LogP contribution >= 0.6 is 23.2 Å². The van der Waals surface area contributed by atoms with Gasteiger partial charge in [0.05, 0.1) is 11.1 Å². The topological polar surface area (TPSA) is 34.1 Å². The second-order valence-electron chi connectivity index (χ2n) is 4.70. The lowest BCUT2D eigenvalue weighted by Crippen LogP contribution is -2.49. The first-order chi connectivity index (χ1) is 9.75. The third-order valence-corrected chi connectivity index (χ3v) is 3.96. The average molecular weight is 309 g/mol. The molecular formula is C15H14Cl2N2O. The molecule has 1 unspecified atom stereocenters. The fraction of sp³-hybridized carbons (Fsp3) is 0.267. The predicted molar refractivity (Wildman–Crippen MR) is 80.3 cm³/mol. The highest BCUT2D eigenvalue weighted by Gasteiger charge is 2.27. The van der Waals surface area contributed by atoms with Crippen molar-refractivity contribution in [3.8, 4) is 0 Å². The second kappa shape index (κ2) is 6.10. The van der Waals surface area contributed by atoms with Crippen LogP contribution in [0.2, 0.25) is 10.2 Å². The molecule has 1 saturated heterocycles. The third kappa shape index (κ3) is 2.81. The Kier molecular flexibility index (Phi) is 4.22. The molecule has 1 aliphatic heterocycles. The predicted octanol–water partition coefficient (Wildman–Crippen LogP) is 3.47. The molecule has 1 N–H and O–H groups in total. The summed E-state index contributed by atoms with van der Waals surface area (Å²) in [5, 5.41) is 4.15. The van der Waals surface area contributed by atoms with Crippen LogP contribution in [0.5, 0.6) is 0 Å². The van der Waals surface area contributed by atoms with Crippen molar-refractivity contribution in [2.45, 2.75) is 12.2 Å². The van der Waals surface area contributed by atoms with Crippen LogP contribution in [0, 0.1) is 0 Å².